The lowest BCUT2D eigenvalue weighted by Crippen LogP contribution is -2.48. The molecule has 1 aromatic heterocycles. The van der Waals surface area contributed by atoms with Crippen molar-refractivity contribution in [3.05, 3.63) is 86.8 Å². The van der Waals surface area contributed by atoms with E-state index < -0.39 is 0 Å². The zero-order valence-corrected chi connectivity index (χ0v) is 21.3. The second kappa shape index (κ2) is 10.9. The molecule has 34 heavy (non-hydrogen) atoms. The summed E-state index contributed by atoms with van der Waals surface area (Å²) in [5.74, 6) is 2.11. The molecular weight excluding hydrogens is 471 g/mol. The molecule has 1 amide bonds. The van der Waals surface area contributed by atoms with Crippen molar-refractivity contribution in [2.24, 2.45) is 0 Å². The summed E-state index contributed by atoms with van der Waals surface area (Å²) >= 11 is 12.3. The molecule has 0 radical (unpaired) electrons. The average molecular weight is 501 g/mol. The number of halogens is 2. The summed E-state index contributed by atoms with van der Waals surface area (Å²) < 4.78 is 11.9. The van der Waals surface area contributed by atoms with E-state index in [1.165, 1.54) is 0 Å². The third-order valence-corrected chi connectivity index (χ3v) is 6.69. The number of carbonyl (C=O) groups is 1. The Kier molecular flexibility index (Phi) is 7.87. The first-order valence-corrected chi connectivity index (χ1v) is 12.3. The van der Waals surface area contributed by atoms with E-state index in [0.717, 1.165) is 42.1 Å². The Bertz CT molecular complexity index is 1150. The molecule has 0 atom stereocenters. The van der Waals surface area contributed by atoms with Gasteiger partial charge in [-0.15, -0.1) is 0 Å². The van der Waals surface area contributed by atoms with E-state index in [2.05, 4.69) is 30.9 Å². The van der Waals surface area contributed by atoms with Gasteiger partial charge in [-0.3, -0.25) is 9.69 Å². The minimum atomic E-state index is -0.0890. The predicted molar refractivity (Wildman–Crippen MR) is 136 cm³/mol. The van der Waals surface area contributed by atoms with Crippen LogP contribution in [0.2, 0.25) is 10.0 Å². The number of ether oxygens (including phenoxy) is 1. The Morgan fingerprint density at radius 2 is 1.79 bits per heavy atom. The van der Waals surface area contributed by atoms with Gasteiger partial charge in [0.1, 0.15) is 18.1 Å². The zero-order chi connectivity index (χ0) is 24.2. The van der Waals surface area contributed by atoms with Crippen LogP contribution in [0.5, 0.6) is 5.75 Å². The third kappa shape index (κ3) is 5.96. The molecule has 3 aromatic rings. The summed E-state index contributed by atoms with van der Waals surface area (Å²) in [6.45, 7) is 10.2. The quantitative estimate of drug-likeness (QED) is 0.368. The monoisotopic (exact) mass is 500 g/mol. The predicted octanol–water partition coefficient (Wildman–Crippen LogP) is 6.56. The second-order valence-corrected chi connectivity index (χ2v) is 9.90. The van der Waals surface area contributed by atoms with Crippen LogP contribution in [0.4, 0.5) is 0 Å². The van der Waals surface area contributed by atoms with Crippen molar-refractivity contribution in [2.45, 2.75) is 39.8 Å². The number of nitrogens with zero attached hydrogens (tertiary/aromatic N) is 2. The van der Waals surface area contributed by atoms with Gasteiger partial charge in [-0.05, 0) is 59.9 Å². The molecule has 0 aliphatic carbocycles. The molecule has 180 valence electrons. The SMILES string of the molecule is Cc1ccc(C(C)C)c(OCc2ccc(C(=O)N3CCN(Cc4ccc(Cl)cc4Cl)CC3)o2)c1. The van der Waals surface area contributed by atoms with Crippen LogP contribution in [-0.2, 0) is 13.2 Å². The summed E-state index contributed by atoms with van der Waals surface area (Å²) in [7, 11) is 0. The first-order valence-electron chi connectivity index (χ1n) is 11.6. The summed E-state index contributed by atoms with van der Waals surface area (Å²) in [6, 6.07) is 15.4. The fourth-order valence-corrected chi connectivity index (χ4v) is 4.59. The van der Waals surface area contributed by atoms with Crippen molar-refractivity contribution >= 4 is 29.1 Å². The van der Waals surface area contributed by atoms with E-state index in [9.17, 15) is 4.79 Å². The maximum Gasteiger partial charge on any atom is 0.289 e. The number of carbonyl (C=O) groups excluding carboxylic acids is 1. The van der Waals surface area contributed by atoms with Crippen LogP contribution in [0, 0.1) is 6.92 Å². The number of hydrogen-bond acceptors (Lipinski definition) is 4. The molecule has 1 saturated heterocycles. The summed E-state index contributed by atoms with van der Waals surface area (Å²) in [6.07, 6.45) is 0. The molecule has 5 nitrogen and oxygen atoms in total. The maximum absolute atomic E-state index is 13.0. The zero-order valence-electron chi connectivity index (χ0n) is 19.8. The lowest BCUT2D eigenvalue weighted by molar-refractivity contribution is 0.0594. The smallest absolute Gasteiger partial charge is 0.289 e. The Morgan fingerprint density at radius 3 is 2.50 bits per heavy atom. The van der Waals surface area contributed by atoms with E-state index in [1.807, 2.05) is 36.1 Å². The van der Waals surface area contributed by atoms with Crippen molar-refractivity contribution in [2.75, 3.05) is 26.2 Å². The second-order valence-electron chi connectivity index (χ2n) is 9.05. The van der Waals surface area contributed by atoms with Gasteiger partial charge < -0.3 is 14.1 Å². The minimum absolute atomic E-state index is 0.0890. The molecular formula is C27H30Cl2N2O3. The highest BCUT2D eigenvalue weighted by atomic mass is 35.5. The number of piperazine rings is 1. The number of hydrogen-bond donors (Lipinski definition) is 0. The van der Waals surface area contributed by atoms with Gasteiger partial charge in [0.25, 0.3) is 5.91 Å². The topological polar surface area (TPSA) is 45.9 Å². The summed E-state index contributed by atoms with van der Waals surface area (Å²) in [5.41, 5.74) is 3.34. The third-order valence-electron chi connectivity index (χ3n) is 6.10. The van der Waals surface area contributed by atoms with Crippen LogP contribution in [0.15, 0.2) is 52.9 Å². The molecule has 1 aliphatic heterocycles. The number of benzene rings is 2. The van der Waals surface area contributed by atoms with Crippen molar-refractivity contribution < 1.29 is 13.9 Å². The van der Waals surface area contributed by atoms with E-state index in [1.54, 1.807) is 12.1 Å². The van der Waals surface area contributed by atoms with Crippen LogP contribution >= 0.6 is 23.2 Å². The molecule has 2 heterocycles. The first-order chi connectivity index (χ1) is 16.3. The molecule has 0 spiro atoms. The van der Waals surface area contributed by atoms with Gasteiger partial charge in [-0.1, -0.05) is 55.2 Å². The molecule has 0 bridgehead atoms. The minimum Gasteiger partial charge on any atom is -0.485 e. The molecule has 1 aliphatic rings. The number of rotatable bonds is 7. The van der Waals surface area contributed by atoms with Crippen LogP contribution in [0.1, 0.15) is 52.8 Å². The van der Waals surface area contributed by atoms with Gasteiger partial charge >= 0.3 is 0 Å². The molecule has 2 aromatic carbocycles. The normalized spacial score (nSPS) is 14.6. The standard InChI is InChI=1S/C27H30Cl2N2O3/c1-18(2)23-8-4-19(3)14-26(23)33-17-22-7-9-25(34-22)27(32)31-12-10-30(11-13-31)16-20-5-6-21(28)15-24(20)29/h4-9,14-15,18H,10-13,16-17H2,1-3H3. The maximum atomic E-state index is 13.0. The Morgan fingerprint density at radius 1 is 1.03 bits per heavy atom. The van der Waals surface area contributed by atoms with E-state index >= 15 is 0 Å². The lowest BCUT2D eigenvalue weighted by Gasteiger charge is -2.34. The van der Waals surface area contributed by atoms with Gasteiger partial charge in [0.05, 0.1) is 0 Å². The van der Waals surface area contributed by atoms with Gasteiger partial charge in [0.15, 0.2) is 5.76 Å². The summed E-state index contributed by atoms with van der Waals surface area (Å²) in [5, 5.41) is 1.30. The van der Waals surface area contributed by atoms with Gasteiger partial charge in [0, 0.05) is 42.8 Å². The number of furan rings is 1. The van der Waals surface area contributed by atoms with Gasteiger partial charge in [0.2, 0.25) is 0 Å². The lowest BCUT2D eigenvalue weighted by atomic mass is 10.0. The Labute approximate surface area is 211 Å². The van der Waals surface area contributed by atoms with Gasteiger partial charge in [-0.2, -0.15) is 0 Å². The fraction of sp³-hybridized carbons (Fsp3) is 0.370. The molecule has 4 rings (SSSR count). The Hall–Kier alpha value is -2.47. The molecule has 0 unspecified atom stereocenters. The molecule has 0 saturated carbocycles. The summed E-state index contributed by atoms with van der Waals surface area (Å²) in [4.78, 5) is 17.1. The van der Waals surface area contributed by atoms with E-state index in [4.69, 9.17) is 32.4 Å². The number of amides is 1. The van der Waals surface area contributed by atoms with Crippen molar-refractivity contribution in [3.8, 4) is 5.75 Å². The van der Waals surface area contributed by atoms with E-state index in [-0.39, 0.29) is 12.5 Å². The fourth-order valence-electron chi connectivity index (χ4n) is 4.12. The van der Waals surface area contributed by atoms with Gasteiger partial charge in [-0.25, -0.2) is 0 Å². The average Bonchev–Trinajstić information content (AvgIpc) is 3.28. The highest BCUT2D eigenvalue weighted by Crippen LogP contribution is 2.28. The molecule has 1 fully saturated rings. The van der Waals surface area contributed by atoms with E-state index in [0.29, 0.717) is 40.6 Å². The van der Waals surface area contributed by atoms with Crippen molar-refractivity contribution in [1.29, 1.82) is 0 Å². The van der Waals surface area contributed by atoms with Crippen molar-refractivity contribution in [1.82, 2.24) is 9.80 Å². The largest absolute Gasteiger partial charge is 0.485 e. The molecule has 0 N–H and O–H groups in total. The van der Waals surface area contributed by atoms with Crippen LogP contribution in [0.25, 0.3) is 0 Å². The highest BCUT2D eigenvalue weighted by Gasteiger charge is 2.25. The van der Waals surface area contributed by atoms with Crippen LogP contribution in [-0.4, -0.2) is 41.9 Å². The Balaban J connectivity index is 1.31. The van der Waals surface area contributed by atoms with Crippen LogP contribution in [0.3, 0.4) is 0 Å². The van der Waals surface area contributed by atoms with Crippen LogP contribution < -0.4 is 4.74 Å². The number of aryl methyl sites for hydroxylation is 1. The molecule has 7 heteroatoms. The highest BCUT2D eigenvalue weighted by molar-refractivity contribution is 6.35. The van der Waals surface area contributed by atoms with Crippen molar-refractivity contribution in [3.63, 3.8) is 0 Å². The first kappa shape index (κ1) is 24.6.